The largest absolute Gasteiger partial charge is 0.303 e. The first-order valence-electron chi connectivity index (χ1n) is 4.23. The van der Waals surface area contributed by atoms with Crippen LogP contribution in [-0.4, -0.2) is 24.5 Å². The Hall–Kier alpha value is -0.990. The van der Waals surface area contributed by atoms with Crippen molar-refractivity contribution in [3.05, 3.63) is 0 Å². The lowest BCUT2D eigenvalue weighted by Crippen LogP contribution is -2.29. The van der Waals surface area contributed by atoms with Gasteiger partial charge in [0, 0.05) is 12.5 Å². The second-order valence-corrected chi connectivity index (χ2v) is 3.00. The summed E-state index contributed by atoms with van der Waals surface area (Å²) in [5.41, 5.74) is 0. The van der Waals surface area contributed by atoms with Crippen molar-refractivity contribution in [3.8, 4) is 18.4 Å². The number of hydrogen-bond acceptors (Lipinski definition) is 2. The minimum atomic E-state index is 0.341. The first-order valence-corrected chi connectivity index (χ1v) is 4.23. The van der Waals surface area contributed by atoms with Gasteiger partial charge in [-0.05, 0) is 26.9 Å². The van der Waals surface area contributed by atoms with E-state index in [1.807, 2.05) is 7.05 Å². The minimum absolute atomic E-state index is 0.341. The van der Waals surface area contributed by atoms with E-state index in [4.69, 9.17) is 11.7 Å². The number of hydrogen-bond donors (Lipinski definition) is 0. The van der Waals surface area contributed by atoms with Crippen molar-refractivity contribution in [2.24, 2.45) is 0 Å². The first-order chi connectivity index (χ1) is 5.72. The fourth-order valence-corrected chi connectivity index (χ4v) is 0.939. The maximum atomic E-state index is 8.45. The quantitative estimate of drug-likeness (QED) is 0.456. The first kappa shape index (κ1) is 11.0. The van der Waals surface area contributed by atoms with Crippen LogP contribution in [0, 0.1) is 23.7 Å². The van der Waals surface area contributed by atoms with Crippen LogP contribution in [0.15, 0.2) is 0 Å². The van der Waals surface area contributed by atoms with Crippen LogP contribution in [-0.2, 0) is 0 Å². The maximum Gasteiger partial charge on any atom is 0.0638 e. The average Bonchev–Trinajstić information content (AvgIpc) is 2.05. The second-order valence-electron chi connectivity index (χ2n) is 3.00. The van der Waals surface area contributed by atoms with Crippen LogP contribution in [0.5, 0.6) is 0 Å². The van der Waals surface area contributed by atoms with E-state index >= 15 is 0 Å². The van der Waals surface area contributed by atoms with Gasteiger partial charge in [0.25, 0.3) is 0 Å². The fraction of sp³-hybridized carbons (Fsp3) is 0.700. The highest BCUT2D eigenvalue weighted by molar-refractivity contribution is 4.84. The van der Waals surface area contributed by atoms with Gasteiger partial charge < -0.3 is 4.90 Å². The Labute approximate surface area is 75.2 Å². The predicted octanol–water partition coefficient (Wildman–Crippen LogP) is 1.63. The van der Waals surface area contributed by atoms with Gasteiger partial charge in [-0.25, -0.2) is 0 Å². The van der Waals surface area contributed by atoms with Crippen LogP contribution < -0.4 is 0 Å². The standard InChI is InChI=1S/C10H16N2/c1-4-5-6-9-12(3)10(2)7-8-11/h1,10H,5-7,9H2,2-3H3. The zero-order chi connectivity index (χ0) is 9.40. The maximum absolute atomic E-state index is 8.45. The highest BCUT2D eigenvalue weighted by Crippen LogP contribution is 2.01. The van der Waals surface area contributed by atoms with Crippen molar-refractivity contribution in [1.82, 2.24) is 4.90 Å². The summed E-state index contributed by atoms with van der Waals surface area (Å²) in [7, 11) is 2.03. The molecule has 2 nitrogen and oxygen atoms in total. The molecule has 2 heteroatoms. The fourth-order valence-electron chi connectivity index (χ4n) is 0.939. The molecule has 0 aromatic rings. The van der Waals surface area contributed by atoms with Gasteiger partial charge in [0.05, 0.1) is 12.5 Å². The van der Waals surface area contributed by atoms with Crippen molar-refractivity contribution in [3.63, 3.8) is 0 Å². The zero-order valence-corrected chi connectivity index (χ0v) is 7.88. The molecule has 0 amide bonds. The molecule has 0 saturated carbocycles. The number of rotatable bonds is 5. The molecule has 0 aliphatic heterocycles. The van der Waals surface area contributed by atoms with Crippen LogP contribution in [0.2, 0.25) is 0 Å². The summed E-state index contributed by atoms with van der Waals surface area (Å²) in [6, 6.07) is 2.50. The van der Waals surface area contributed by atoms with Gasteiger partial charge in [-0.1, -0.05) is 0 Å². The van der Waals surface area contributed by atoms with E-state index in [-0.39, 0.29) is 0 Å². The van der Waals surface area contributed by atoms with Gasteiger partial charge >= 0.3 is 0 Å². The van der Waals surface area contributed by atoms with Crippen molar-refractivity contribution in [2.75, 3.05) is 13.6 Å². The Morgan fingerprint density at radius 1 is 1.58 bits per heavy atom. The van der Waals surface area contributed by atoms with E-state index in [2.05, 4.69) is 23.8 Å². The summed E-state index contributed by atoms with van der Waals surface area (Å²) in [4.78, 5) is 2.17. The number of nitriles is 1. The van der Waals surface area contributed by atoms with Crippen LogP contribution in [0.4, 0.5) is 0 Å². The van der Waals surface area contributed by atoms with Gasteiger partial charge in [-0.15, -0.1) is 12.3 Å². The lowest BCUT2D eigenvalue weighted by Gasteiger charge is -2.21. The Kier molecular flexibility index (Phi) is 6.15. The van der Waals surface area contributed by atoms with E-state index in [1.165, 1.54) is 0 Å². The molecule has 0 rings (SSSR count). The molecule has 0 aliphatic carbocycles. The van der Waals surface area contributed by atoms with E-state index in [1.54, 1.807) is 0 Å². The summed E-state index contributed by atoms with van der Waals surface area (Å²) in [6.45, 7) is 3.03. The summed E-state index contributed by atoms with van der Waals surface area (Å²) in [6.07, 6.45) is 7.56. The molecule has 1 unspecified atom stereocenters. The Morgan fingerprint density at radius 2 is 2.25 bits per heavy atom. The molecular formula is C10H16N2. The van der Waals surface area contributed by atoms with Crippen LogP contribution in [0.25, 0.3) is 0 Å². The van der Waals surface area contributed by atoms with Gasteiger partial charge in [0.15, 0.2) is 0 Å². The molecule has 0 N–H and O–H groups in total. The monoisotopic (exact) mass is 164 g/mol. The molecule has 0 radical (unpaired) electrons. The predicted molar refractivity (Wildman–Crippen MR) is 50.4 cm³/mol. The number of nitrogens with zero attached hydrogens (tertiary/aromatic N) is 2. The Morgan fingerprint density at radius 3 is 2.75 bits per heavy atom. The van der Waals surface area contributed by atoms with E-state index in [0.717, 1.165) is 19.4 Å². The molecule has 0 fully saturated rings. The average molecular weight is 164 g/mol. The van der Waals surface area contributed by atoms with Crippen LogP contribution in [0.3, 0.4) is 0 Å². The molecule has 0 aromatic carbocycles. The molecule has 1 atom stereocenters. The third-order valence-corrected chi connectivity index (χ3v) is 1.97. The normalized spacial score (nSPS) is 12.1. The summed E-state index contributed by atoms with van der Waals surface area (Å²) in [5.74, 6) is 2.60. The lowest BCUT2D eigenvalue weighted by molar-refractivity contribution is 0.259. The zero-order valence-electron chi connectivity index (χ0n) is 7.88. The highest BCUT2D eigenvalue weighted by Gasteiger charge is 2.06. The van der Waals surface area contributed by atoms with E-state index in [0.29, 0.717) is 12.5 Å². The van der Waals surface area contributed by atoms with Crippen LogP contribution in [0.1, 0.15) is 26.2 Å². The number of terminal acetylenes is 1. The van der Waals surface area contributed by atoms with Crippen molar-refractivity contribution < 1.29 is 0 Å². The summed E-state index contributed by atoms with van der Waals surface area (Å²) >= 11 is 0. The summed E-state index contributed by atoms with van der Waals surface area (Å²) < 4.78 is 0. The Bertz CT molecular complexity index is 185. The molecule has 0 aliphatic rings. The molecule has 0 heterocycles. The third kappa shape index (κ3) is 4.77. The lowest BCUT2D eigenvalue weighted by atomic mass is 10.2. The molecule has 0 saturated heterocycles. The second kappa shape index (κ2) is 6.70. The van der Waals surface area contributed by atoms with Gasteiger partial charge in [-0.3, -0.25) is 0 Å². The number of unbranched alkanes of at least 4 members (excludes halogenated alkanes) is 1. The van der Waals surface area contributed by atoms with Crippen molar-refractivity contribution in [1.29, 1.82) is 5.26 Å². The minimum Gasteiger partial charge on any atom is -0.303 e. The van der Waals surface area contributed by atoms with Crippen molar-refractivity contribution >= 4 is 0 Å². The third-order valence-electron chi connectivity index (χ3n) is 1.97. The van der Waals surface area contributed by atoms with Crippen LogP contribution >= 0.6 is 0 Å². The van der Waals surface area contributed by atoms with E-state index < -0.39 is 0 Å². The summed E-state index contributed by atoms with van der Waals surface area (Å²) in [5, 5.41) is 8.45. The smallest absolute Gasteiger partial charge is 0.0638 e. The van der Waals surface area contributed by atoms with Gasteiger partial charge in [0.1, 0.15) is 0 Å². The topological polar surface area (TPSA) is 27.0 Å². The van der Waals surface area contributed by atoms with Gasteiger partial charge in [0.2, 0.25) is 0 Å². The van der Waals surface area contributed by atoms with E-state index in [9.17, 15) is 0 Å². The molecule has 0 bridgehead atoms. The van der Waals surface area contributed by atoms with Crippen molar-refractivity contribution in [2.45, 2.75) is 32.2 Å². The molecular weight excluding hydrogens is 148 g/mol. The molecule has 0 aromatic heterocycles. The molecule has 0 spiro atoms. The Balaban J connectivity index is 3.52. The molecule has 66 valence electrons. The highest BCUT2D eigenvalue weighted by atomic mass is 15.1. The van der Waals surface area contributed by atoms with Gasteiger partial charge in [-0.2, -0.15) is 5.26 Å². The SMILES string of the molecule is C#CCCCN(C)C(C)CC#N. The molecule has 12 heavy (non-hydrogen) atoms.